The summed E-state index contributed by atoms with van der Waals surface area (Å²) in [7, 11) is 2.98. The number of halogens is 6. The summed E-state index contributed by atoms with van der Waals surface area (Å²) in [5.41, 5.74) is -4.38. The van der Waals surface area contributed by atoms with Crippen molar-refractivity contribution < 1.29 is 55.9 Å². The molecule has 0 aliphatic rings. The molecule has 0 fully saturated rings. The number of nitro groups is 2. The molecule has 8 aromatic rings. The summed E-state index contributed by atoms with van der Waals surface area (Å²) < 4.78 is 99.5. The van der Waals surface area contributed by atoms with E-state index in [-0.39, 0.29) is 70.5 Å². The van der Waals surface area contributed by atoms with Crippen molar-refractivity contribution in [3.63, 3.8) is 0 Å². The maximum atomic E-state index is 14.4. The van der Waals surface area contributed by atoms with E-state index < -0.39 is 46.5 Å². The first-order chi connectivity index (χ1) is 34.2. The molecule has 2 aromatic heterocycles. The topological polar surface area (TPSA) is 179 Å². The normalized spacial score (nSPS) is 13.5. The molecule has 6 aromatic carbocycles. The van der Waals surface area contributed by atoms with E-state index in [4.69, 9.17) is 9.47 Å². The molecule has 0 spiro atoms. The average Bonchev–Trinajstić information content (AvgIpc) is 3.91. The molecule has 0 radical (unpaired) electrons. The van der Waals surface area contributed by atoms with E-state index in [2.05, 4.69) is 10.6 Å². The van der Waals surface area contributed by atoms with E-state index in [1.165, 1.54) is 60.0 Å². The molecule has 0 saturated heterocycles. The molecule has 0 bridgehead atoms. The standard InChI is InChI=1S/2C26H24F3N3O4/c2*1-36-21-9-5-8-19(12-21)14-30-17-25(33,26(27,28)29)23-16-31(15-18-6-3-2-4-7-18)24-13-20(32(34)35)10-11-22(23)24/h2*2-13,16,30,33H,14-15,17H2,1H3. The third-order valence-electron chi connectivity index (χ3n) is 12.1. The Labute approximate surface area is 408 Å². The number of aliphatic hydroxyl groups is 2. The first-order valence-electron chi connectivity index (χ1n) is 22.1. The van der Waals surface area contributed by atoms with Crippen LogP contribution >= 0.6 is 0 Å². The van der Waals surface area contributed by atoms with E-state index in [0.29, 0.717) is 22.6 Å². The molecule has 0 aliphatic heterocycles. The Balaban J connectivity index is 0.000000211. The van der Waals surface area contributed by atoms with Gasteiger partial charge in [-0.3, -0.25) is 20.2 Å². The van der Waals surface area contributed by atoms with Crippen molar-refractivity contribution in [2.24, 2.45) is 0 Å². The van der Waals surface area contributed by atoms with Gasteiger partial charge in [0.1, 0.15) is 11.5 Å². The summed E-state index contributed by atoms with van der Waals surface area (Å²) in [5, 5.41) is 50.5. The molecule has 8 rings (SSSR count). The largest absolute Gasteiger partial charge is 0.497 e. The Bertz CT molecular complexity index is 2960. The van der Waals surface area contributed by atoms with Crippen molar-refractivity contribution in [3.8, 4) is 11.5 Å². The number of hydrogen-bond acceptors (Lipinski definition) is 10. The van der Waals surface area contributed by atoms with E-state index in [9.17, 15) is 56.8 Å². The predicted molar refractivity (Wildman–Crippen MR) is 258 cm³/mol. The Morgan fingerprint density at radius 1 is 0.514 bits per heavy atom. The molecule has 0 saturated carbocycles. The van der Waals surface area contributed by atoms with Crippen LogP contribution in [0.1, 0.15) is 33.4 Å². The van der Waals surface area contributed by atoms with Crippen LogP contribution in [0.5, 0.6) is 11.5 Å². The highest BCUT2D eigenvalue weighted by Gasteiger charge is 2.57. The molecule has 0 aliphatic carbocycles. The van der Waals surface area contributed by atoms with Crippen molar-refractivity contribution in [2.75, 3.05) is 27.3 Å². The highest BCUT2D eigenvalue weighted by atomic mass is 19.4. The number of nitro benzene ring substituents is 2. The molecular weight excluding hydrogens is 951 g/mol. The van der Waals surface area contributed by atoms with Crippen molar-refractivity contribution in [1.82, 2.24) is 19.8 Å². The van der Waals surface area contributed by atoms with E-state index in [1.54, 1.807) is 97.1 Å². The first-order valence-corrected chi connectivity index (χ1v) is 22.1. The first kappa shape index (κ1) is 52.1. The number of fused-ring (bicyclic) bond motifs is 2. The Hall–Kier alpha value is -7.78. The van der Waals surface area contributed by atoms with E-state index in [1.807, 2.05) is 12.1 Å². The minimum atomic E-state index is -5.03. The van der Waals surface area contributed by atoms with Gasteiger partial charge in [-0.1, -0.05) is 84.9 Å². The second kappa shape index (κ2) is 21.7. The quantitative estimate of drug-likeness (QED) is 0.0367. The zero-order valence-corrected chi connectivity index (χ0v) is 38.7. The van der Waals surface area contributed by atoms with Gasteiger partial charge in [0.15, 0.2) is 11.2 Å². The summed E-state index contributed by atoms with van der Waals surface area (Å²) in [5.74, 6) is 1.12. The molecular formula is C52H48F6N6O8. The monoisotopic (exact) mass is 998 g/mol. The van der Waals surface area contributed by atoms with Gasteiger partial charge in [-0.25, -0.2) is 0 Å². The summed E-state index contributed by atoms with van der Waals surface area (Å²) in [6.45, 7) is -1.19. The lowest BCUT2D eigenvalue weighted by Gasteiger charge is -2.31. The average molecular weight is 999 g/mol. The SMILES string of the molecule is COc1cccc(CNCC(O)(c2cn(Cc3ccccc3)c3cc([N+](=O)[O-])ccc23)C(F)(F)F)c1.COc1cccc(CNCC(O)(c2cn(Cc3ccccc3)c3cc([N+](=O)[O-])ccc23)C(F)(F)F)c1. The number of nitrogens with one attached hydrogen (secondary N) is 2. The van der Waals surface area contributed by atoms with Crippen LogP contribution in [0.3, 0.4) is 0 Å². The number of alkyl halides is 6. The van der Waals surface area contributed by atoms with Crippen LogP contribution in [0.15, 0.2) is 158 Å². The number of ether oxygens (including phenoxy) is 2. The number of benzene rings is 6. The number of aromatic nitrogens is 2. The fourth-order valence-electron chi connectivity index (χ4n) is 8.31. The zero-order valence-electron chi connectivity index (χ0n) is 38.7. The van der Waals surface area contributed by atoms with Crippen LogP contribution in [0.4, 0.5) is 37.7 Å². The van der Waals surface area contributed by atoms with Crippen LogP contribution in [0.2, 0.25) is 0 Å². The molecule has 376 valence electrons. The van der Waals surface area contributed by atoms with Gasteiger partial charge >= 0.3 is 12.4 Å². The van der Waals surface area contributed by atoms with Crippen LogP contribution in [0, 0.1) is 20.2 Å². The molecule has 14 nitrogen and oxygen atoms in total. The number of rotatable bonds is 18. The summed E-state index contributed by atoms with van der Waals surface area (Å²) in [6, 6.07) is 38.9. The van der Waals surface area contributed by atoms with E-state index in [0.717, 1.165) is 23.3 Å². The van der Waals surface area contributed by atoms with E-state index >= 15 is 0 Å². The molecule has 2 heterocycles. The Morgan fingerprint density at radius 2 is 0.875 bits per heavy atom. The van der Waals surface area contributed by atoms with Crippen molar-refractivity contribution in [3.05, 3.63) is 212 Å². The Kier molecular flexibility index (Phi) is 15.7. The third kappa shape index (κ3) is 11.5. The van der Waals surface area contributed by atoms with Gasteiger partial charge in [0, 0.05) is 97.8 Å². The van der Waals surface area contributed by atoms with Gasteiger partial charge in [-0.15, -0.1) is 0 Å². The molecule has 0 amide bonds. The van der Waals surface area contributed by atoms with Gasteiger partial charge < -0.3 is 39.5 Å². The van der Waals surface area contributed by atoms with Gasteiger partial charge in [-0.2, -0.15) is 26.3 Å². The highest BCUT2D eigenvalue weighted by Crippen LogP contribution is 2.45. The molecule has 2 atom stereocenters. The fourth-order valence-corrected chi connectivity index (χ4v) is 8.31. The minimum Gasteiger partial charge on any atom is -0.497 e. The van der Waals surface area contributed by atoms with Crippen molar-refractivity contribution in [2.45, 2.75) is 49.7 Å². The smallest absolute Gasteiger partial charge is 0.422 e. The molecule has 4 N–H and O–H groups in total. The van der Waals surface area contributed by atoms with Crippen LogP contribution in [-0.4, -0.2) is 68.9 Å². The minimum absolute atomic E-state index is 0.0592. The summed E-state index contributed by atoms with van der Waals surface area (Å²) in [4.78, 5) is 21.5. The molecule has 72 heavy (non-hydrogen) atoms. The number of non-ortho nitro benzene ring substituents is 2. The molecule has 20 heteroatoms. The van der Waals surface area contributed by atoms with Crippen molar-refractivity contribution >= 4 is 33.2 Å². The fraction of sp³-hybridized carbons (Fsp3) is 0.231. The van der Waals surface area contributed by atoms with Crippen molar-refractivity contribution in [1.29, 1.82) is 0 Å². The number of hydrogen-bond donors (Lipinski definition) is 4. The number of nitrogens with zero attached hydrogens (tertiary/aromatic N) is 4. The second-order valence-corrected chi connectivity index (χ2v) is 16.9. The van der Waals surface area contributed by atoms with Crippen LogP contribution < -0.4 is 20.1 Å². The number of methoxy groups -OCH3 is 2. The van der Waals surface area contributed by atoms with Crippen LogP contribution in [-0.2, 0) is 37.4 Å². The van der Waals surface area contributed by atoms with Gasteiger partial charge in [0.05, 0.1) is 35.1 Å². The highest BCUT2D eigenvalue weighted by molar-refractivity contribution is 5.88. The third-order valence-corrected chi connectivity index (χ3v) is 12.1. The lowest BCUT2D eigenvalue weighted by molar-refractivity contribution is -0.384. The Morgan fingerprint density at radius 3 is 1.21 bits per heavy atom. The maximum absolute atomic E-state index is 14.4. The lowest BCUT2D eigenvalue weighted by atomic mass is 9.92. The molecule has 2 unspecified atom stereocenters. The predicted octanol–water partition coefficient (Wildman–Crippen LogP) is 10.3. The van der Waals surface area contributed by atoms with Gasteiger partial charge in [-0.05, 0) is 58.7 Å². The second-order valence-electron chi connectivity index (χ2n) is 16.9. The lowest BCUT2D eigenvalue weighted by Crippen LogP contribution is -2.49. The summed E-state index contributed by atoms with van der Waals surface area (Å²) >= 11 is 0. The summed E-state index contributed by atoms with van der Waals surface area (Å²) in [6.07, 6.45) is -7.60. The maximum Gasteiger partial charge on any atom is 0.422 e. The van der Waals surface area contributed by atoms with Crippen LogP contribution in [0.25, 0.3) is 21.8 Å². The van der Waals surface area contributed by atoms with Gasteiger partial charge in [0.25, 0.3) is 11.4 Å². The van der Waals surface area contributed by atoms with Gasteiger partial charge in [0.2, 0.25) is 0 Å². The zero-order chi connectivity index (χ0) is 51.8.